The van der Waals surface area contributed by atoms with Gasteiger partial charge in [0.1, 0.15) is 0 Å². The Morgan fingerprint density at radius 2 is 2.09 bits per heavy atom. The summed E-state index contributed by atoms with van der Waals surface area (Å²) < 4.78 is 10.5. The van der Waals surface area contributed by atoms with Crippen LogP contribution in [-0.2, 0) is 11.3 Å². The average molecular weight is 356 g/mol. The summed E-state index contributed by atoms with van der Waals surface area (Å²) in [4.78, 5) is 11.9. The molecule has 0 aromatic heterocycles. The lowest BCUT2D eigenvalue weighted by Crippen LogP contribution is -2.22. The van der Waals surface area contributed by atoms with Crippen LogP contribution in [-0.4, -0.2) is 31.1 Å². The van der Waals surface area contributed by atoms with E-state index in [1.54, 1.807) is 14.2 Å². The maximum atomic E-state index is 11.9. The molecule has 6 heteroatoms. The molecule has 1 aliphatic heterocycles. The summed E-state index contributed by atoms with van der Waals surface area (Å²) in [6, 6.07) is 5.70. The van der Waals surface area contributed by atoms with Crippen LogP contribution in [0.1, 0.15) is 37.7 Å². The second-order valence-electron chi connectivity index (χ2n) is 5.54. The first-order valence-corrected chi connectivity index (χ1v) is 10.4. The minimum Gasteiger partial charge on any atom is -0.493 e. The van der Waals surface area contributed by atoms with E-state index < -0.39 is 0 Å². The number of nitrogens with one attached hydrogen (secondary N) is 1. The van der Waals surface area contributed by atoms with Crippen molar-refractivity contribution >= 4 is 27.5 Å². The molecule has 1 aliphatic rings. The Labute approximate surface area is 146 Å². The van der Waals surface area contributed by atoms with E-state index in [0.717, 1.165) is 23.7 Å². The van der Waals surface area contributed by atoms with Gasteiger partial charge in [0.15, 0.2) is 11.5 Å². The van der Waals surface area contributed by atoms with Gasteiger partial charge < -0.3 is 14.8 Å². The second-order valence-corrected chi connectivity index (χ2v) is 8.33. The molecule has 1 saturated heterocycles. The van der Waals surface area contributed by atoms with Crippen LogP contribution >= 0.6 is 21.6 Å². The lowest BCUT2D eigenvalue weighted by atomic mass is 10.1. The van der Waals surface area contributed by atoms with E-state index in [0.29, 0.717) is 24.5 Å². The highest BCUT2D eigenvalue weighted by atomic mass is 33.1. The number of unbranched alkanes of at least 4 members (excludes halogenated alkanes) is 1. The van der Waals surface area contributed by atoms with Gasteiger partial charge in [-0.05, 0) is 37.0 Å². The molecule has 1 aromatic carbocycles. The maximum Gasteiger partial charge on any atom is 0.220 e. The van der Waals surface area contributed by atoms with Crippen molar-refractivity contribution in [3.05, 3.63) is 23.8 Å². The molecule has 0 saturated carbocycles. The standard InChI is InChI=1S/C17H25NO3S2/c1-20-15-8-7-13(11-16(15)21-2)12-18-17(19)6-4-3-5-14-9-10-22-23-14/h7-8,11,14H,3-6,9-10,12H2,1-2H3,(H,18,19)/t14-/m1/s1. The number of hydrogen-bond donors (Lipinski definition) is 1. The topological polar surface area (TPSA) is 47.6 Å². The van der Waals surface area contributed by atoms with Gasteiger partial charge in [-0.3, -0.25) is 4.79 Å². The van der Waals surface area contributed by atoms with Crippen molar-refractivity contribution in [2.24, 2.45) is 0 Å². The number of carbonyl (C=O) groups excluding carboxylic acids is 1. The molecule has 1 amide bonds. The van der Waals surface area contributed by atoms with Crippen molar-refractivity contribution in [2.45, 2.75) is 43.9 Å². The molecular weight excluding hydrogens is 330 g/mol. The molecule has 1 heterocycles. The molecule has 1 N–H and O–H groups in total. The fraction of sp³-hybridized carbons (Fsp3) is 0.588. The first kappa shape index (κ1) is 18.3. The van der Waals surface area contributed by atoms with Crippen molar-refractivity contribution < 1.29 is 14.3 Å². The zero-order chi connectivity index (χ0) is 16.5. The Kier molecular flexibility index (Phi) is 7.95. The van der Waals surface area contributed by atoms with Crippen molar-refractivity contribution in [1.29, 1.82) is 0 Å². The van der Waals surface area contributed by atoms with E-state index in [1.807, 2.05) is 39.8 Å². The third kappa shape index (κ3) is 6.18. The Morgan fingerprint density at radius 1 is 1.26 bits per heavy atom. The van der Waals surface area contributed by atoms with Gasteiger partial charge in [-0.1, -0.05) is 34.1 Å². The smallest absolute Gasteiger partial charge is 0.220 e. The van der Waals surface area contributed by atoms with Crippen LogP contribution in [0.4, 0.5) is 0 Å². The number of methoxy groups -OCH3 is 2. The number of amides is 1. The van der Waals surface area contributed by atoms with Crippen LogP contribution in [0.2, 0.25) is 0 Å². The van der Waals surface area contributed by atoms with Crippen LogP contribution < -0.4 is 14.8 Å². The summed E-state index contributed by atoms with van der Waals surface area (Å²) in [7, 11) is 7.21. The number of carbonyl (C=O) groups is 1. The summed E-state index contributed by atoms with van der Waals surface area (Å²) in [5.74, 6) is 2.78. The summed E-state index contributed by atoms with van der Waals surface area (Å²) >= 11 is 0. The molecule has 128 valence electrons. The predicted molar refractivity (Wildman–Crippen MR) is 98.3 cm³/mol. The summed E-state index contributed by atoms with van der Waals surface area (Å²) in [5, 5.41) is 3.77. The molecule has 0 radical (unpaired) electrons. The van der Waals surface area contributed by atoms with Gasteiger partial charge in [0.05, 0.1) is 14.2 Å². The average Bonchev–Trinajstić information content (AvgIpc) is 3.10. The molecule has 1 atom stereocenters. The Morgan fingerprint density at radius 3 is 2.78 bits per heavy atom. The van der Waals surface area contributed by atoms with E-state index in [-0.39, 0.29) is 5.91 Å². The number of ether oxygens (including phenoxy) is 2. The van der Waals surface area contributed by atoms with E-state index >= 15 is 0 Å². The molecule has 23 heavy (non-hydrogen) atoms. The molecule has 1 aromatic rings. The highest BCUT2D eigenvalue weighted by Crippen LogP contribution is 2.39. The van der Waals surface area contributed by atoms with Gasteiger partial charge >= 0.3 is 0 Å². The number of rotatable bonds is 9. The van der Waals surface area contributed by atoms with Gasteiger partial charge in [0, 0.05) is 24.0 Å². The van der Waals surface area contributed by atoms with Crippen LogP contribution in [0.15, 0.2) is 18.2 Å². The molecule has 0 bridgehead atoms. The Bertz CT molecular complexity index is 505. The molecule has 0 unspecified atom stereocenters. The van der Waals surface area contributed by atoms with E-state index in [9.17, 15) is 4.79 Å². The summed E-state index contributed by atoms with van der Waals surface area (Å²) in [5.41, 5.74) is 1.01. The zero-order valence-electron chi connectivity index (χ0n) is 13.8. The monoisotopic (exact) mass is 355 g/mol. The van der Waals surface area contributed by atoms with Crippen LogP contribution in [0.25, 0.3) is 0 Å². The minimum absolute atomic E-state index is 0.119. The highest BCUT2D eigenvalue weighted by molar-refractivity contribution is 8.77. The van der Waals surface area contributed by atoms with Crippen molar-refractivity contribution in [3.63, 3.8) is 0 Å². The molecule has 2 rings (SSSR count). The van der Waals surface area contributed by atoms with Crippen LogP contribution in [0.5, 0.6) is 11.5 Å². The second kappa shape index (κ2) is 9.98. The van der Waals surface area contributed by atoms with Gasteiger partial charge in [0.2, 0.25) is 5.91 Å². The van der Waals surface area contributed by atoms with Crippen molar-refractivity contribution in [1.82, 2.24) is 5.32 Å². The summed E-state index contributed by atoms with van der Waals surface area (Å²) in [6.07, 6.45) is 5.28. The zero-order valence-corrected chi connectivity index (χ0v) is 15.4. The number of benzene rings is 1. The van der Waals surface area contributed by atoms with Gasteiger partial charge in [-0.2, -0.15) is 0 Å². The predicted octanol–water partition coefficient (Wildman–Crippen LogP) is 4.03. The van der Waals surface area contributed by atoms with Crippen LogP contribution in [0.3, 0.4) is 0 Å². The fourth-order valence-electron chi connectivity index (χ4n) is 2.50. The summed E-state index contributed by atoms with van der Waals surface area (Å²) in [6.45, 7) is 0.522. The highest BCUT2D eigenvalue weighted by Gasteiger charge is 2.15. The number of hydrogen-bond acceptors (Lipinski definition) is 5. The van der Waals surface area contributed by atoms with Crippen molar-refractivity contribution in [3.8, 4) is 11.5 Å². The van der Waals surface area contributed by atoms with Gasteiger partial charge in [-0.15, -0.1) is 0 Å². The van der Waals surface area contributed by atoms with Gasteiger partial charge in [0.25, 0.3) is 0 Å². The molecule has 0 aliphatic carbocycles. The molecule has 4 nitrogen and oxygen atoms in total. The maximum absolute atomic E-state index is 11.9. The largest absolute Gasteiger partial charge is 0.493 e. The quantitative estimate of drug-likeness (QED) is 0.535. The van der Waals surface area contributed by atoms with Crippen molar-refractivity contribution in [2.75, 3.05) is 20.0 Å². The van der Waals surface area contributed by atoms with E-state index in [2.05, 4.69) is 5.32 Å². The molecule has 1 fully saturated rings. The Hall–Kier alpha value is -1.01. The fourth-order valence-corrected chi connectivity index (χ4v) is 5.53. The molecular formula is C17H25NO3S2. The van der Waals surface area contributed by atoms with E-state index in [1.165, 1.54) is 18.6 Å². The SMILES string of the molecule is COc1ccc(CNC(=O)CCCC[C@@H]2CCSS2)cc1OC. The third-order valence-corrected chi connectivity index (χ3v) is 6.85. The first-order chi connectivity index (χ1) is 11.2. The third-order valence-electron chi connectivity index (χ3n) is 3.84. The normalized spacial score (nSPS) is 17.0. The van der Waals surface area contributed by atoms with Gasteiger partial charge in [-0.25, -0.2) is 0 Å². The lowest BCUT2D eigenvalue weighted by molar-refractivity contribution is -0.121. The molecule has 0 spiro atoms. The minimum atomic E-state index is 0.119. The van der Waals surface area contributed by atoms with E-state index in [4.69, 9.17) is 9.47 Å². The Balaban J connectivity index is 1.65. The first-order valence-electron chi connectivity index (χ1n) is 7.99. The lowest BCUT2D eigenvalue weighted by Gasteiger charge is -2.10. The van der Waals surface area contributed by atoms with Crippen LogP contribution in [0, 0.1) is 0 Å².